The second kappa shape index (κ2) is 4.70. The highest BCUT2D eigenvalue weighted by Crippen LogP contribution is 2.32. The van der Waals surface area contributed by atoms with E-state index < -0.39 is 0 Å². The highest BCUT2D eigenvalue weighted by molar-refractivity contribution is 5.97. The molecule has 0 saturated heterocycles. The van der Waals surface area contributed by atoms with E-state index in [2.05, 4.69) is 22.1 Å². The minimum atomic E-state index is 0.665. The molecule has 4 N–H and O–H groups in total. The Bertz CT molecular complexity index is 925. The van der Waals surface area contributed by atoms with Gasteiger partial charge in [-0.3, -0.25) is 9.97 Å². The summed E-state index contributed by atoms with van der Waals surface area (Å²) in [5.74, 6) is 0. The fourth-order valence-corrected chi connectivity index (χ4v) is 2.77. The Morgan fingerprint density at radius 1 is 0.636 bits per heavy atom. The lowest BCUT2D eigenvalue weighted by molar-refractivity contribution is 1.41. The summed E-state index contributed by atoms with van der Waals surface area (Å²) < 4.78 is 0. The van der Waals surface area contributed by atoms with Crippen LogP contribution in [0, 0.1) is 0 Å². The summed E-state index contributed by atoms with van der Waals surface area (Å²) in [6, 6.07) is 15.9. The topological polar surface area (TPSA) is 77.8 Å². The van der Waals surface area contributed by atoms with Gasteiger partial charge in [-0.1, -0.05) is 12.1 Å². The number of anilines is 2. The van der Waals surface area contributed by atoms with Crippen LogP contribution in [0.2, 0.25) is 0 Å². The minimum absolute atomic E-state index is 0.665. The fourth-order valence-electron chi connectivity index (χ4n) is 2.77. The molecule has 0 spiro atoms. The van der Waals surface area contributed by atoms with Crippen LogP contribution < -0.4 is 11.5 Å². The number of benzene rings is 2. The molecule has 106 valence electrons. The highest BCUT2D eigenvalue weighted by Gasteiger charge is 2.07. The molecule has 0 atom stereocenters. The van der Waals surface area contributed by atoms with E-state index in [9.17, 15) is 0 Å². The first-order valence-corrected chi connectivity index (χ1v) is 7.01. The molecule has 4 rings (SSSR count). The Balaban J connectivity index is 1.99. The third-order valence-corrected chi connectivity index (χ3v) is 3.80. The third-order valence-electron chi connectivity index (χ3n) is 3.80. The van der Waals surface area contributed by atoms with Gasteiger partial charge in [0.1, 0.15) is 0 Å². The number of aromatic nitrogens is 2. The standard InChI is InChI=1S/C18H14N4/c19-15-9-13(7-11-3-1-5-21-17(11)15)14-8-12-4-2-6-22-18(12)16(20)10-14/h1-10H,19-20H2. The third kappa shape index (κ3) is 1.93. The van der Waals surface area contributed by atoms with E-state index in [1.807, 2.05) is 36.4 Å². The molecule has 4 nitrogen and oxygen atoms in total. The van der Waals surface area contributed by atoms with Crippen molar-refractivity contribution < 1.29 is 0 Å². The zero-order valence-electron chi connectivity index (χ0n) is 11.8. The van der Waals surface area contributed by atoms with Crippen LogP contribution in [0.3, 0.4) is 0 Å². The lowest BCUT2D eigenvalue weighted by Crippen LogP contribution is -1.93. The molecule has 0 aliphatic heterocycles. The molecule has 0 radical (unpaired) electrons. The summed E-state index contributed by atoms with van der Waals surface area (Å²) in [6.07, 6.45) is 3.50. The van der Waals surface area contributed by atoms with Crippen molar-refractivity contribution in [2.75, 3.05) is 11.5 Å². The maximum Gasteiger partial charge on any atom is 0.0931 e. The van der Waals surface area contributed by atoms with Gasteiger partial charge in [-0.2, -0.15) is 0 Å². The zero-order valence-corrected chi connectivity index (χ0v) is 11.8. The van der Waals surface area contributed by atoms with Crippen LogP contribution in [0.15, 0.2) is 60.9 Å². The monoisotopic (exact) mass is 286 g/mol. The lowest BCUT2D eigenvalue weighted by atomic mass is 9.99. The maximum absolute atomic E-state index is 6.14. The van der Waals surface area contributed by atoms with Crippen molar-refractivity contribution >= 4 is 33.2 Å². The Kier molecular flexibility index (Phi) is 2.69. The SMILES string of the molecule is Nc1cc(-c2cc(N)c3ncccc3c2)cc2cccnc12. The summed E-state index contributed by atoms with van der Waals surface area (Å²) in [6.45, 7) is 0. The predicted octanol–water partition coefficient (Wildman–Crippen LogP) is 3.61. The van der Waals surface area contributed by atoms with Crippen LogP contribution in [0.5, 0.6) is 0 Å². The van der Waals surface area contributed by atoms with Crippen LogP contribution in [-0.2, 0) is 0 Å². The molecule has 2 aromatic carbocycles. The van der Waals surface area contributed by atoms with Crippen LogP contribution in [0.1, 0.15) is 0 Å². The van der Waals surface area contributed by atoms with E-state index in [0.717, 1.165) is 32.9 Å². The van der Waals surface area contributed by atoms with Crippen molar-refractivity contribution in [2.24, 2.45) is 0 Å². The molecule has 0 aliphatic rings. The number of nitrogens with zero attached hydrogens (tertiary/aromatic N) is 2. The predicted molar refractivity (Wildman–Crippen MR) is 91.3 cm³/mol. The van der Waals surface area contributed by atoms with Gasteiger partial charge in [0.15, 0.2) is 0 Å². The molecule has 4 heteroatoms. The number of nitrogen functional groups attached to an aromatic ring is 2. The molecule has 0 amide bonds. The minimum Gasteiger partial charge on any atom is -0.397 e. The van der Waals surface area contributed by atoms with Gasteiger partial charge in [0.2, 0.25) is 0 Å². The molecular formula is C18H14N4. The summed E-state index contributed by atoms with van der Waals surface area (Å²) in [7, 11) is 0. The number of nitrogens with two attached hydrogens (primary N) is 2. The molecule has 4 aromatic rings. The lowest BCUT2D eigenvalue weighted by Gasteiger charge is -2.09. The van der Waals surface area contributed by atoms with E-state index in [0.29, 0.717) is 11.4 Å². The van der Waals surface area contributed by atoms with Crippen molar-refractivity contribution in [3.63, 3.8) is 0 Å². The maximum atomic E-state index is 6.14. The molecule has 0 bridgehead atoms. The number of rotatable bonds is 1. The second-order valence-electron chi connectivity index (χ2n) is 5.28. The number of fused-ring (bicyclic) bond motifs is 2. The Labute approximate surface area is 127 Å². The average molecular weight is 286 g/mol. The van der Waals surface area contributed by atoms with Crippen LogP contribution in [-0.4, -0.2) is 9.97 Å². The van der Waals surface area contributed by atoms with Crippen LogP contribution in [0.25, 0.3) is 32.9 Å². The van der Waals surface area contributed by atoms with Crippen molar-refractivity contribution in [1.82, 2.24) is 9.97 Å². The van der Waals surface area contributed by atoms with Gasteiger partial charge in [-0.05, 0) is 47.5 Å². The van der Waals surface area contributed by atoms with Crippen LogP contribution in [0.4, 0.5) is 11.4 Å². The van der Waals surface area contributed by atoms with Crippen LogP contribution >= 0.6 is 0 Å². The Morgan fingerprint density at radius 3 is 1.55 bits per heavy atom. The fraction of sp³-hybridized carbons (Fsp3) is 0. The first-order chi connectivity index (χ1) is 10.7. The molecular weight excluding hydrogens is 272 g/mol. The van der Waals surface area contributed by atoms with Gasteiger partial charge in [0.05, 0.1) is 22.4 Å². The van der Waals surface area contributed by atoms with Gasteiger partial charge < -0.3 is 11.5 Å². The van der Waals surface area contributed by atoms with Gasteiger partial charge in [-0.25, -0.2) is 0 Å². The molecule has 0 fully saturated rings. The van der Waals surface area contributed by atoms with E-state index >= 15 is 0 Å². The molecule has 2 heterocycles. The van der Waals surface area contributed by atoms with Crippen molar-refractivity contribution in [2.45, 2.75) is 0 Å². The van der Waals surface area contributed by atoms with Gasteiger partial charge >= 0.3 is 0 Å². The Hall–Kier alpha value is -3.14. The average Bonchev–Trinajstić information content (AvgIpc) is 2.55. The number of hydrogen-bond donors (Lipinski definition) is 2. The van der Waals surface area contributed by atoms with Gasteiger partial charge in [0, 0.05) is 23.2 Å². The van der Waals surface area contributed by atoms with E-state index in [1.54, 1.807) is 12.4 Å². The second-order valence-corrected chi connectivity index (χ2v) is 5.28. The summed E-state index contributed by atoms with van der Waals surface area (Å²) in [5, 5.41) is 2.03. The highest BCUT2D eigenvalue weighted by atomic mass is 14.7. The van der Waals surface area contributed by atoms with Crippen molar-refractivity contribution in [3.8, 4) is 11.1 Å². The smallest absolute Gasteiger partial charge is 0.0931 e. The normalized spacial score (nSPS) is 11.1. The molecule has 0 unspecified atom stereocenters. The first kappa shape index (κ1) is 12.6. The zero-order chi connectivity index (χ0) is 15.1. The van der Waals surface area contributed by atoms with Crippen molar-refractivity contribution in [1.29, 1.82) is 0 Å². The summed E-state index contributed by atoms with van der Waals surface area (Å²) in [5.41, 5.74) is 17.3. The van der Waals surface area contributed by atoms with E-state index in [1.165, 1.54) is 0 Å². The largest absolute Gasteiger partial charge is 0.397 e. The van der Waals surface area contributed by atoms with E-state index in [-0.39, 0.29) is 0 Å². The van der Waals surface area contributed by atoms with Gasteiger partial charge in [0.25, 0.3) is 0 Å². The summed E-state index contributed by atoms with van der Waals surface area (Å²) in [4.78, 5) is 8.65. The van der Waals surface area contributed by atoms with Gasteiger partial charge in [-0.15, -0.1) is 0 Å². The van der Waals surface area contributed by atoms with E-state index in [4.69, 9.17) is 11.5 Å². The van der Waals surface area contributed by atoms with Crippen molar-refractivity contribution in [3.05, 3.63) is 60.9 Å². The molecule has 0 aliphatic carbocycles. The Morgan fingerprint density at radius 2 is 1.09 bits per heavy atom. The quantitative estimate of drug-likeness (QED) is 0.524. The number of hydrogen-bond acceptors (Lipinski definition) is 4. The first-order valence-electron chi connectivity index (χ1n) is 7.01. The summed E-state index contributed by atoms with van der Waals surface area (Å²) >= 11 is 0. The molecule has 22 heavy (non-hydrogen) atoms. The number of pyridine rings is 2. The molecule has 2 aromatic heterocycles. The molecule has 0 saturated carbocycles.